The van der Waals surface area contributed by atoms with Crippen molar-refractivity contribution in [3.8, 4) is 0 Å². The number of nitrogens with one attached hydrogen (secondary N) is 1. The molecule has 0 aliphatic carbocycles. The Morgan fingerprint density at radius 3 is 2.65 bits per heavy atom. The highest BCUT2D eigenvalue weighted by molar-refractivity contribution is 7.91. The molecule has 128 valence electrons. The van der Waals surface area contributed by atoms with Crippen molar-refractivity contribution in [2.75, 3.05) is 42.6 Å². The maximum Gasteiger partial charge on any atom is 0.231 e. The van der Waals surface area contributed by atoms with E-state index in [2.05, 4.69) is 10.2 Å². The average molecular weight is 360 g/mol. The van der Waals surface area contributed by atoms with Crippen LogP contribution in [0.5, 0.6) is 0 Å². The number of rotatable bonds is 7. The second-order valence-electron chi connectivity index (χ2n) is 5.66. The quantitative estimate of drug-likeness (QED) is 0.695. The maximum atomic E-state index is 11.6. The summed E-state index contributed by atoms with van der Waals surface area (Å²) in [5.74, 6) is -0.00942. The van der Waals surface area contributed by atoms with E-state index in [1.54, 1.807) is 0 Å². The van der Waals surface area contributed by atoms with Crippen molar-refractivity contribution in [3.05, 3.63) is 28.8 Å². The summed E-state index contributed by atoms with van der Waals surface area (Å²) in [4.78, 5) is 12.8. The smallest absolute Gasteiger partial charge is 0.231 e. The fourth-order valence-corrected chi connectivity index (χ4v) is 3.98. The molecule has 0 atom stereocenters. The van der Waals surface area contributed by atoms with E-state index >= 15 is 0 Å². The van der Waals surface area contributed by atoms with E-state index in [4.69, 9.17) is 17.3 Å². The molecule has 1 aliphatic heterocycles. The molecule has 1 aromatic carbocycles. The Morgan fingerprint density at radius 2 is 2.00 bits per heavy atom. The van der Waals surface area contributed by atoms with Crippen molar-refractivity contribution in [2.24, 2.45) is 5.73 Å². The van der Waals surface area contributed by atoms with Gasteiger partial charge in [-0.25, -0.2) is 8.42 Å². The molecule has 2 rings (SSSR count). The topological polar surface area (TPSA) is 92.5 Å². The van der Waals surface area contributed by atoms with Crippen LogP contribution < -0.4 is 16.0 Å². The molecule has 1 aliphatic rings. The Bertz CT molecular complexity index is 650. The zero-order valence-corrected chi connectivity index (χ0v) is 14.5. The molecular weight excluding hydrogens is 338 g/mol. The number of hydrogen-bond acceptors (Lipinski definition) is 5. The third-order valence-corrected chi connectivity index (χ3v) is 5.68. The van der Waals surface area contributed by atoms with Crippen LogP contribution in [-0.4, -0.2) is 52.0 Å². The average Bonchev–Trinajstić information content (AvgIpc) is 2.48. The summed E-state index contributed by atoms with van der Waals surface area (Å²) in [6.45, 7) is 1.86. The number of aryl methyl sites for hydroxylation is 1. The maximum absolute atomic E-state index is 11.6. The number of carbonyl (C=O) groups excluding carboxylic acids is 1. The highest BCUT2D eigenvalue weighted by atomic mass is 35.5. The van der Waals surface area contributed by atoms with Gasteiger partial charge in [-0.2, -0.15) is 0 Å². The van der Waals surface area contributed by atoms with Gasteiger partial charge in [0.1, 0.15) is 0 Å². The molecule has 1 heterocycles. The second-order valence-corrected chi connectivity index (χ2v) is 8.40. The first-order valence-corrected chi connectivity index (χ1v) is 9.80. The zero-order chi connectivity index (χ0) is 16.9. The Balaban J connectivity index is 1.98. The molecule has 23 heavy (non-hydrogen) atoms. The molecule has 6 nitrogen and oxygen atoms in total. The van der Waals surface area contributed by atoms with E-state index in [1.165, 1.54) is 0 Å². The van der Waals surface area contributed by atoms with Crippen LogP contribution in [-0.2, 0) is 21.1 Å². The lowest BCUT2D eigenvalue weighted by atomic mass is 10.1. The lowest BCUT2D eigenvalue weighted by Crippen LogP contribution is -2.40. The van der Waals surface area contributed by atoms with Gasteiger partial charge in [-0.1, -0.05) is 17.7 Å². The van der Waals surface area contributed by atoms with Crippen LogP contribution in [0.15, 0.2) is 18.2 Å². The van der Waals surface area contributed by atoms with E-state index in [1.807, 2.05) is 18.2 Å². The van der Waals surface area contributed by atoms with Crippen LogP contribution in [0.4, 0.5) is 5.69 Å². The van der Waals surface area contributed by atoms with Gasteiger partial charge >= 0.3 is 0 Å². The molecule has 3 N–H and O–H groups in total. The highest BCUT2D eigenvalue weighted by Gasteiger charge is 2.23. The van der Waals surface area contributed by atoms with Gasteiger partial charge in [-0.15, -0.1) is 0 Å². The first kappa shape index (κ1) is 18.0. The monoisotopic (exact) mass is 359 g/mol. The normalized spacial score (nSPS) is 17.2. The van der Waals surface area contributed by atoms with Crippen molar-refractivity contribution in [3.63, 3.8) is 0 Å². The molecule has 8 heteroatoms. The minimum Gasteiger partial charge on any atom is -0.369 e. The van der Waals surface area contributed by atoms with E-state index < -0.39 is 9.84 Å². The SMILES string of the molecule is NC(=O)CNCCCc1ccc(Cl)cc1N1CCS(=O)(=O)CC1. The largest absolute Gasteiger partial charge is 0.369 e. The van der Waals surface area contributed by atoms with Crippen LogP contribution in [0.25, 0.3) is 0 Å². The van der Waals surface area contributed by atoms with Gasteiger partial charge in [-0.3, -0.25) is 4.79 Å². The highest BCUT2D eigenvalue weighted by Crippen LogP contribution is 2.27. The molecule has 1 saturated heterocycles. The number of carbonyl (C=O) groups is 1. The van der Waals surface area contributed by atoms with Gasteiger partial charge < -0.3 is 16.0 Å². The summed E-state index contributed by atoms with van der Waals surface area (Å²) in [6.07, 6.45) is 1.68. The Labute approximate surface area is 141 Å². The van der Waals surface area contributed by atoms with Gasteiger partial charge in [-0.05, 0) is 37.1 Å². The van der Waals surface area contributed by atoms with Gasteiger partial charge in [0.2, 0.25) is 5.91 Å². The number of sulfone groups is 1. The molecule has 0 saturated carbocycles. The molecule has 0 spiro atoms. The molecule has 1 aromatic rings. The van der Waals surface area contributed by atoms with Gasteiger partial charge in [0.25, 0.3) is 0 Å². The number of nitrogens with two attached hydrogens (primary N) is 1. The second kappa shape index (κ2) is 7.99. The van der Waals surface area contributed by atoms with Gasteiger partial charge in [0, 0.05) is 23.8 Å². The lowest BCUT2D eigenvalue weighted by Gasteiger charge is -2.30. The first-order valence-electron chi connectivity index (χ1n) is 7.60. The van der Waals surface area contributed by atoms with Crippen molar-refractivity contribution >= 4 is 33.0 Å². The summed E-state index contributed by atoms with van der Waals surface area (Å²) in [7, 11) is -2.91. The molecule has 0 bridgehead atoms. The molecule has 0 unspecified atom stereocenters. The van der Waals surface area contributed by atoms with Gasteiger partial charge in [0.15, 0.2) is 9.84 Å². The fourth-order valence-electron chi connectivity index (χ4n) is 2.61. The number of nitrogens with zero attached hydrogens (tertiary/aromatic N) is 1. The summed E-state index contributed by atoms with van der Waals surface area (Å²) in [5.41, 5.74) is 7.21. The van der Waals surface area contributed by atoms with E-state index in [-0.39, 0.29) is 24.0 Å². The molecular formula is C15H22ClN3O3S. The summed E-state index contributed by atoms with van der Waals surface area (Å²) < 4.78 is 23.2. The Morgan fingerprint density at radius 1 is 1.30 bits per heavy atom. The third-order valence-electron chi connectivity index (χ3n) is 3.83. The Hall–Kier alpha value is -1.31. The summed E-state index contributed by atoms with van der Waals surface area (Å²) in [5, 5.41) is 3.63. The predicted molar refractivity (Wildman–Crippen MR) is 92.7 cm³/mol. The number of halogens is 1. The lowest BCUT2D eigenvalue weighted by molar-refractivity contribution is -0.117. The molecule has 0 aromatic heterocycles. The van der Waals surface area contributed by atoms with E-state index in [0.29, 0.717) is 24.7 Å². The Kier molecular flexibility index (Phi) is 6.26. The van der Waals surface area contributed by atoms with Crippen LogP contribution in [0.2, 0.25) is 5.02 Å². The zero-order valence-electron chi connectivity index (χ0n) is 12.9. The third kappa shape index (κ3) is 5.67. The minimum atomic E-state index is -2.91. The van der Waals surface area contributed by atoms with Crippen LogP contribution in [0.1, 0.15) is 12.0 Å². The number of amides is 1. The number of anilines is 1. The number of hydrogen-bond donors (Lipinski definition) is 2. The summed E-state index contributed by atoms with van der Waals surface area (Å²) in [6, 6.07) is 5.72. The van der Waals surface area contributed by atoms with Gasteiger partial charge in [0.05, 0.1) is 18.1 Å². The first-order chi connectivity index (χ1) is 10.9. The standard InChI is InChI=1S/C15H22ClN3O3S/c16-13-4-3-12(2-1-5-18-11-15(17)20)14(10-13)19-6-8-23(21,22)9-7-19/h3-4,10,18H,1-2,5-9,11H2,(H2,17,20). The minimum absolute atomic E-state index is 0.178. The van der Waals surface area contributed by atoms with Crippen LogP contribution >= 0.6 is 11.6 Å². The molecule has 0 radical (unpaired) electrons. The number of benzene rings is 1. The van der Waals surface area contributed by atoms with Crippen molar-refractivity contribution in [2.45, 2.75) is 12.8 Å². The van der Waals surface area contributed by atoms with E-state index in [9.17, 15) is 13.2 Å². The summed E-state index contributed by atoms with van der Waals surface area (Å²) >= 11 is 6.10. The van der Waals surface area contributed by atoms with Crippen LogP contribution in [0.3, 0.4) is 0 Å². The predicted octanol–water partition coefficient (Wildman–Crippen LogP) is 0.582. The molecule has 1 fully saturated rings. The fraction of sp³-hybridized carbons (Fsp3) is 0.533. The van der Waals surface area contributed by atoms with Crippen molar-refractivity contribution < 1.29 is 13.2 Å². The van der Waals surface area contributed by atoms with Crippen LogP contribution in [0, 0.1) is 0 Å². The molecule has 1 amide bonds. The van der Waals surface area contributed by atoms with E-state index in [0.717, 1.165) is 24.1 Å². The van der Waals surface area contributed by atoms with Crippen molar-refractivity contribution in [1.29, 1.82) is 0 Å². The number of primary amides is 1. The van der Waals surface area contributed by atoms with Crippen molar-refractivity contribution in [1.82, 2.24) is 5.32 Å².